The minimum atomic E-state index is -0.546. The highest BCUT2D eigenvalue weighted by Crippen LogP contribution is 2.43. The summed E-state index contributed by atoms with van der Waals surface area (Å²) in [5.41, 5.74) is 1.12. The molecular formula is C40H54N6O8. The number of benzene rings is 2. The van der Waals surface area contributed by atoms with Crippen molar-refractivity contribution in [3.05, 3.63) is 71.8 Å². The Hall–Kier alpha value is -3.92. The van der Waals surface area contributed by atoms with Gasteiger partial charge in [-0.25, -0.2) is 0 Å². The Kier molecular flexibility index (Phi) is 12.0. The van der Waals surface area contributed by atoms with Gasteiger partial charge in [0.25, 0.3) is 11.8 Å². The van der Waals surface area contributed by atoms with Gasteiger partial charge in [-0.15, -0.1) is 0 Å². The zero-order valence-corrected chi connectivity index (χ0v) is 31.4. The average molecular weight is 747 g/mol. The van der Waals surface area contributed by atoms with Crippen molar-refractivity contribution in [3.8, 4) is 0 Å². The highest BCUT2D eigenvalue weighted by Gasteiger charge is 2.60. The molecular weight excluding hydrogens is 692 g/mol. The molecule has 7 rings (SSSR count). The van der Waals surface area contributed by atoms with Gasteiger partial charge in [-0.05, 0) is 63.8 Å². The highest BCUT2D eigenvalue weighted by molar-refractivity contribution is 5.95. The lowest BCUT2D eigenvalue weighted by Gasteiger charge is -2.61. The molecule has 0 aromatic heterocycles. The van der Waals surface area contributed by atoms with E-state index in [4.69, 9.17) is 19.0 Å². The molecule has 14 heteroatoms. The quantitative estimate of drug-likeness (QED) is 0.242. The molecule has 5 N–H and O–H groups in total. The minimum Gasteiger partial charge on any atom is -0.376 e. The van der Waals surface area contributed by atoms with E-state index in [1.54, 1.807) is 24.3 Å². The first-order valence-corrected chi connectivity index (χ1v) is 19.5. The number of carbonyl (C=O) groups excluding carboxylic acids is 4. The summed E-state index contributed by atoms with van der Waals surface area (Å²) in [4.78, 5) is 58.3. The number of nitrogens with one attached hydrogen (secondary N) is 5. The monoisotopic (exact) mass is 746 g/mol. The Morgan fingerprint density at radius 1 is 0.685 bits per heavy atom. The van der Waals surface area contributed by atoms with Crippen molar-refractivity contribution in [2.24, 2.45) is 0 Å². The van der Waals surface area contributed by atoms with Gasteiger partial charge in [0.05, 0.1) is 73.4 Å². The van der Waals surface area contributed by atoms with Crippen LogP contribution in [0.15, 0.2) is 60.7 Å². The maximum atomic E-state index is 14.0. The van der Waals surface area contributed by atoms with Gasteiger partial charge in [0.2, 0.25) is 11.8 Å². The third-order valence-corrected chi connectivity index (χ3v) is 11.6. The minimum absolute atomic E-state index is 0.0809. The Morgan fingerprint density at radius 3 is 1.93 bits per heavy atom. The molecule has 54 heavy (non-hydrogen) atoms. The fourth-order valence-electron chi connectivity index (χ4n) is 9.50. The van der Waals surface area contributed by atoms with E-state index < -0.39 is 18.2 Å². The smallest absolute Gasteiger partial charge is 0.251 e. The van der Waals surface area contributed by atoms with Gasteiger partial charge >= 0.3 is 0 Å². The standard InChI is InChI=1S/C40H54N6O8/c1-5-51-32-21-33-29(17-28(32)44-39(49)24-13-9-7-10-14-24)43-30-20-35-37(36(38(30)54-33)45-40(50)25-15-11-8-12-16-25)46(52-6-2)31-18-26(41-22(3)47)27(42-23(4)48)19-34(31)53-35/h7-16,26-38,43H,5-6,17-21H2,1-4H3,(H,41,47)(H,42,48)(H,44,49)(H,45,50). The second-order valence-corrected chi connectivity index (χ2v) is 15.2. The highest BCUT2D eigenvalue weighted by atomic mass is 16.7. The molecule has 13 unspecified atom stereocenters. The number of nitrogens with zero attached hydrogens (tertiary/aromatic N) is 1. The fourth-order valence-corrected chi connectivity index (χ4v) is 9.50. The van der Waals surface area contributed by atoms with Crippen LogP contribution in [0, 0.1) is 0 Å². The number of hydrogen-bond donors (Lipinski definition) is 5. The van der Waals surface area contributed by atoms with Crippen LogP contribution in [0.4, 0.5) is 0 Å². The number of ether oxygens (including phenoxy) is 3. The summed E-state index contributed by atoms with van der Waals surface area (Å²) in [5, 5.41) is 18.6. The van der Waals surface area contributed by atoms with Crippen LogP contribution in [0.2, 0.25) is 0 Å². The normalized spacial score (nSPS) is 35.9. The Morgan fingerprint density at radius 2 is 1.31 bits per heavy atom. The Bertz CT molecular complexity index is 1630. The summed E-state index contributed by atoms with van der Waals surface area (Å²) in [6.07, 6.45) is 1.08. The lowest BCUT2D eigenvalue weighted by Crippen LogP contribution is -2.79. The third kappa shape index (κ3) is 8.19. The molecule has 3 aliphatic carbocycles. The van der Waals surface area contributed by atoms with Crippen LogP contribution in [0.25, 0.3) is 0 Å². The molecule has 5 fully saturated rings. The van der Waals surface area contributed by atoms with Gasteiger partial charge in [-0.2, -0.15) is 5.06 Å². The molecule has 13 atom stereocenters. The molecule has 0 spiro atoms. The lowest BCUT2D eigenvalue weighted by molar-refractivity contribution is -0.322. The molecule has 2 saturated heterocycles. The van der Waals surface area contributed by atoms with Crippen LogP contribution < -0.4 is 26.6 Å². The van der Waals surface area contributed by atoms with Gasteiger partial charge in [0.15, 0.2) is 0 Å². The molecule has 0 bridgehead atoms. The summed E-state index contributed by atoms with van der Waals surface area (Å²) < 4.78 is 20.3. The Balaban J connectivity index is 1.18. The topological polar surface area (TPSA) is 169 Å². The number of hydroxylamine groups is 2. The van der Waals surface area contributed by atoms with Crippen LogP contribution in [-0.2, 0) is 28.6 Å². The molecule has 292 valence electrons. The number of hydrogen-bond acceptors (Lipinski definition) is 10. The van der Waals surface area contributed by atoms with Crippen molar-refractivity contribution in [2.75, 3.05) is 13.2 Å². The van der Waals surface area contributed by atoms with Gasteiger partial charge in [-0.1, -0.05) is 36.4 Å². The van der Waals surface area contributed by atoms with E-state index in [1.165, 1.54) is 13.8 Å². The van der Waals surface area contributed by atoms with Crippen molar-refractivity contribution in [1.29, 1.82) is 0 Å². The van der Waals surface area contributed by atoms with Crippen LogP contribution in [0.5, 0.6) is 0 Å². The van der Waals surface area contributed by atoms with E-state index in [-0.39, 0.29) is 84.3 Å². The molecule has 2 heterocycles. The van der Waals surface area contributed by atoms with E-state index in [9.17, 15) is 19.2 Å². The maximum Gasteiger partial charge on any atom is 0.251 e. The second kappa shape index (κ2) is 16.8. The van der Waals surface area contributed by atoms with E-state index in [1.807, 2.05) is 55.3 Å². The molecule has 14 nitrogen and oxygen atoms in total. The average Bonchev–Trinajstić information content (AvgIpc) is 3.15. The predicted octanol–water partition coefficient (Wildman–Crippen LogP) is 1.84. The molecule has 4 amide bonds. The largest absolute Gasteiger partial charge is 0.376 e. The molecule has 2 aromatic carbocycles. The number of carbonyl (C=O) groups is 4. The van der Waals surface area contributed by atoms with E-state index in [0.29, 0.717) is 56.4 Å². The van der Waals surface area contributed by atoms with Crippen LogP contribution in [0.1, 0.15) is 80.5 Å². The first kappa shape index (κ1) is 38.4. The first-order chi connectivity index (χ1) is 26.1. The van der Waals surface area contributed by atoms with Crippen LogP contribution >= 0.6 is 0 Å². The second-order valence-electron chi connectivity index (χ2n) is 15.2. The van der Waals surface area contributed by atoms with Crippen molar-refractivity contribution in [1.82, 2.24) is 31.6 Å². The molecule has 2 aliphatic heterocycles. The fraction of sp³-hybridized carbons (Fsp3) is 0.600. The molecule has 2 aromatic rings. The number of morpholine rings is 2. The summed E-state index contributed by atoms with van der Waals surface area (Å²) >= 11 is 0. The predicted molar refractivity (Wildman–Crippen MR) is 198 cm³/mol. The SMILES string of the molecule is CCOC1CC2OC3C(CC4OC5CC(NC(C)=O)C(NC(C)=O)CC5N(OCC)C4C3NC(=O)c3ccccc3)NC2CC1NC(=O)c1ccccc1. The van der Waals surface area contributed by atoms with Crippen molar-refractivity contribution < 1.29 is 38.2 Å². The summed E-state index contributed by atoms with van der Waals surface area (Å²) in [6, 6.07) is 15.9. The summed E-state index contributed by atoms with van der Waals surface area (Å²) in [6.45, 7) is 7.71. The molecule has 0 radical (unpaired) electrons. The molecule has 3 saturated carbocycles. The lowest BCUT2D eigenvalue weighted by atomic mass is 9.74. The zero-order chi connectivity index (χ0) is 37.9. The number of amides is 4. The number of fused-ring (bicyclic) bond motifs is 4. The van der Waals surface area contributed by atoms with E-state index in [0.717, 1.165) is 0 Å². The summed E-state index contributed by atoms with van der Waals surface area (Å²) in [5.74, 6) is -0.733. The number of rotatable bonds is 10. The van der Waals surface area contributed by atoms with Gasteiger partial charge in [-0.3, -0.25) is 24.0 Å². The van der Waals surface area contributed by atoms with E-state index in [2.05, 4.69) is 26.6 Å². The van der Waals surface area contributed by atoms with Gasteiger partial charge < -0.3 is 40.8 Å². The van der Waals surface area contributed by atoms with Crippen molar-refractivity contribution in [2.45, 2.75) is 139 Å². The van der Waals surface area contributed by atoms with Gasteiger partial charge in [0, 0.05) is 50.1 Å². The van der Waals surface area contributed by atoms with Crippen LogP contribution in [-0.4, -0.2) is 121 Å². The third-order valence-electron chi connectivity index (χ3n) is 11.6. The molecule has 5 aliphatic rings. The zero-order valence-electron chi connectivity index (χ0n) is 31.4. The van der Waals surface area contributed by atoms with Crippen molar-refractivity contribution in [3.63, 3.8) is 0 Å². The van der Waals surface area contributed by atoms with Gasteiger partial charge in [0.1, 0.15) is 0 Å². The maximum absolute atomic E-state index is 14.0. The summed E-state index contributed by atoms with van der Waals surface area (Å²) in [7, 11) is 0. The van der Waals surface area contributed by atoms with Crippen LogP contribution in [0.3, 0.4) is 0 Å². The first-order valence-electron chi connectivity index (χ1n) is 19.5. The Labute approximate surface area is 316 Å². The van der Waals surface area contributed by atoms with E-state index >= 15 is 0 Å². The van der Waals surface area contributed by atoms with Crippen molar-refractivity contribution >= 4 is 23.6 Å².